The molecular weight excluding hydrogens is 290 g/mol. The normalized spacial score (nSPS) is 21.8. The van der Waals surface area contributed by atoms with Crippen LogP contribution in [-0.4, -0.2) is 46.3 Å². The number of nitrogens with two attached hydrogens (primary N) is 1. The zero-order valence-electron chi connectivity index (χ0n) is 13.3. The molecule has 0 amide bonds. The van der Waals surface area contributed by atoms with E-state index in [0.29, 0.717) is 11.7 Å². The Balaban J connectivity index is 1.56. The van der Waals surface area contributed by atoms with Crippen molar-refractivity contribution in [3.05, 3.63) is 24.0 Å². The number of nitrogens with zero attached hydrogens (tertiary/aromatic N) is 5. The lowest BCUT2D eigenvalue weighted by Crippen LogP contribution is -2.35. The molecule has 0 radical (unpaired) electrons. The largest absolute Gasteiger partial charge is 0.383 e. The monoisotopic (exact) mass is 313 g/mol. The minimum Gasteiger partial charge on any atom is -0.383 e. The average Bonchev–Trinajstić information content (AvgIpc) is 3.28. The highest BCUT2D eigenvalue weighted by Gasteiger charge is 2.25. The molecule has 1 atom stereocenters. The van der Waals surface area contributed by atoms with Crippen molar-refractivity contribution in [2.24, 2.45) is 0 Å². The van der Waals surface area contributed by atoms with Crippen LogP contribution in [0.5, 0.6) is 0 Å². The number of hydrogen-bond donors (Lipinski definition) is 2. The number of aromatic nitrogens is 4. The Hall–Kier alpha value is -2.31. The van der Waals surface area contributed by atoms with E-state index in [-0.39, 0.29) is 0 Å². The van der Waals surface area contributed by atoms with Crippen LogP contribution in [-0.2, 0) is 0 Å². The lowest BCUT2D eigenvalue weighted by atomic mass is 9.95. The van der Waals surface area contributed by atoms with Gasteiger partial charge in [0, 0.05) is 50.1 Å². The lowest BCUT2D eigenvalue weighted by molar-refractivity contribution is 0.498. The molecule has 0 spiro atoms. The van der Waals surface area contributed by atoms with Gasteiger partial charge >= 0.3 is 0 Å². The van der Waals surface area contributed by atoms with E-state index in [1.54, 1.807) is 0 Å². The molecule has 23 heavy (non-hydrogen) atoms. The van der Waals surface area contributed by atoms with E-state index in [0.717, 1.165) is 44.4 Å². The second kappa shape index (κ2) is 6.06. The third-order valence-electron chi connectivity index (χ3n) is 4.82. The number of piperidine rings is 1. The smallest absolute Gasteiger partial charge is 0.229 e. The molecule has 7 heteroatoms. The average molecular weight is 313 g/mol. The Kier molecular flexibility index (Phi) is 3.77. The first-order valence-corrected chi connectivity index (χ1v) is 8.43. The number of nitrogens with one attached hydrogen (secondary N) is 1. The summed E-state index contributed by atoms with van der Waals surface area (Å²) in [5, 5.41) is 7.18. The molecule has 7 nitrogen and oxygen atoms in total. The number of nitrogen functional groups attached to an aromatic ring is 1. The summed E-state index contributed by atoms with van der Waals surface area (Å²) in [6.45, 7) is 4.01. The Bertz CT molecular complexity index is 648. The highest BCUT2D eigenvalue weighted by Crippen LogP contribution is 2.29. The number of hydrogen-bond acceptors (Lipinski definition) is 6. The van der Waals surface area contributed by atoms with Gasteiger partial charge in [-0.15, -0.1) is 0 Å². The molecule has 122 valence electrons. The summed E-state index contributed by atoms with van der Waals surface area (Å²) in [7, 11) is 0. The highest BCUT2D eigenvalue weighted by atomic mass is 15.3. The van der Waals surface area contributed by atoms with Crippen LogP contribution in [0.1, 0.15) is 37.3 Å². The predicted molar refractivity (Wildman–Crippen MR) is 90.7 cm³/mol. The SMILES string of the molecule is Nc1cc(N2CCC[C@H](c3ccn[nH]3)C2)nc(N2CCCC2)n1. The first-order chi connectivity index (χ1) is 11.3. The van der Waals surface area contributed by atoms with Crippen LogP contribution in [0.4, 0.5) is 17.6 Å². The van der Waals surface area contributed by atoms with Crippen LogP contribution >= 0.6 is 0 Å². The summed E-state index contributed by atoms with van der Waals surface area (Å²) in [5.41, 5.74) is 7.25. The summed E-state index contributed by atoms with van der Waals surface area (Å²) in [6.07, 6.45) is 6.56. The fourth-order valence-electron chi connectivity index (χ4n) is 3.59. The molecule has 2 fully saturated rings. The van der Waals surface area contributed by atoms with Crippen LogP contribution in [0.15, 0.2) is 18.3 Å². The third kappa shape index (κ3) is 2.95. The van der Waals surface area contributed by atoms with Crippen molar-refractivity contribution < 1.29 is 0 Å². The van der Waals surface area contributed by atoms with Gasteiger partial charge in [0.1, 0.15) is 11.6 Å². The predicted octanol–water partition coefficient (Wildman–Crippen LogP) is 1.77. The number of H-pyrrole nitrogens is 1. The summed E-state index contributed by atoms with van der Waals surface area (Å²) >= 11 is 0. The molecule has 3 N–H and O–H groups in total. The quantitative estimate of drug-likeness (QED) is 0.898. The van der Waals surface area contributed by atoms with Crippen LogP contribution < -0.4 is 15.5 Å². The summed E-state index contributed by atoms with van der Waals surface area (Å²) < 4.78 is 0. The van der Waals surface area contributed by atoms with Gasteiger partial charge in [0.25, 0.3) is 0 Å². The first kappa shape index (κ1) is 14.3. The van der Waals surface area contributed by atoms with Gasteiger partial charge in [-0.1, -0.05) is 0 Å². The highest BCUT2D eigenvalue weighted by molar-refractivity contribution is 5.53. The van der Waals surface area contributed by atoms with Gasteiger partial charge in [-0.3, -0.25) is 5.10 Å². The Morgan fingerprint density at radius 1 is 1.09 bits per heavy atom. The molecule has 4 heterocycles. The van der Waals surface area contributed by atoms with Gasteiger partial charge in [-0.2, -0.15) is 15.1 Å². The van der Waals surface area contributed by atoms with Gasteiger partial charge in [-0.25, -0.2) is 0 Å². The van der Waals surface area contributed by atoms with E-state index in [1.807, 2.05) is 12.3 Å². The fourth-order valence-corrected chi connectivity index (χ4v) is 3.59. The minimum absolute atomic E-state index is 0.470. The van der Waals surface area contributed by atoms with Crippen molar-refractivity contribution in [3.8, 4) is 0 Å². The molecule has 4 rings (SSSR count). The number of rotatable bonds is 3. The van der Waals surface area contributed by atoms with Crippen LogP contribution in [0.25, 0.3) is 0 Å². The van der Waals surface area contributed by atoms with Gasteiger partial charge < -0.3 is 15.5 Å². The summed E-state index contributed by atoms with van der Waals surface area (Å²) in [5.74, 6) is 2.75. The van der Waals surface area contributed by atoms with E-state index in [4.69, 9.17) is 10.7 Å². The molecule has 0 aromatic carbocycles. The van der Waals surface area contributed by atoms with Crippen LogP contribution in [0, 0.1) is 0 Å². The topological polar surface area (TPSA) is 87.0 Å². The zero-order valence-corrected chi connectivity index (χ0v) is 13.3. The van der Waals surface area contributed by atoms with Crippen molar-refractivity contribution in [2.45, 2.75) is 31.6 Å². The lowest BCUT2D eigenvalue weighted by Gasteiger charge is -2.33. The second-order valence-electron chi connectivity index (χ2n) is 6.44. The van der Waals surface area contributed by atoms with Crippen LogP contribution in [0.2, 0.25) is 0 Å². The second-order valence-corrected chi connectivity index (χ2v) is 6.44. The van der Waals surface area contributed by atoms with E-state index in [1.165, 1.54) is 25.0 Å². The summed E-state index contributed by atoms with van der Waals surface area (Å²) in [4.78, 5) is 13.8. The maximum absolute atomic E-state index is 6.04. The molecule has 0 aliphatic carbocycles. The Morgan fingerprint density at radius 2 is 1.91 bits per heavy atom. The minimum atomic E-state index is 0.470. The molecule has 0 bridgehead atoms. The van der Waals surface area contributed by atoms with Crippen LogP contribution in [0.3, 0.4) is 0 Å². The van der Waals surface area contributed by atoms with Crippen molar-refractivity contribution in [2.75, 3.05) is 41.7 Å². The molecule has 0 unspecified atom stereocenters. The molecule has 2 aliphatic heterocycles. The molecular formula is C16H23N7. The first-order valence-electron chi connectivity index (χ1n) is 8.43. The van der Waals surface area contributed by atoms with Crippen molar-refractivity contribution >= 4 is 17.6 Å². The van der Waals surface area contributed by atoms with E-state index in [2.05, 4.69) is 31.0 Å². The van der Waals surface area contributed by atoms with Gasteiger partial charge in [0.2, 0.25) is 5.95 Å². The summed E-state index contributed by atoms with van der Waals surface area (Å²) in [6, 6.07) is 3.97. The molecule has 2 aromatic rings. The van der Waals surface area contributed by atoms with E-state index >= 15 is 0 Å². The van der Waals surface area contributed by atoms with Crippen molar-refractivity contribution in [1.29, 1.82) is 0 Å². The molecule has 0 saturated carbocycles. The van der Waals surface area contributed by atoms with Crippen molar-refractivity contribution in [1.82, 2.24) is 20.2 Å². The standard InChI is InChI=1S/C16H23N7/c17-14-10-15(20-16(19-14)22-7-1-2-8-22)23-9-3-4-12(11-23)13-5-6-18-21-13/h5-6,10,12H,1-4,7-9,11H2,(H,18,21)(H2,17,19,20)/t12-/m0/s1. The zero-order chi connectivity index (χ0) is 15.6. The Morgan fingerprint density at radius 3 is 2.70 bits per heavy atom. The van der Waals surface area contributed by atoms with E-state index in [9.17, 15) is 0 Å². The maximum atomic E-state index is 6.04. The molecule has 2 aromatic heterocycles. The fraction of sp³-hybridized carbons (Fsp3) is 0.562. The maximum Gasteiger partial charge on any atom is 0.229 e. The number of anilines is 3. The Labute approximate surface area is 135 Å². The molecule has 2 saturated heterocycles. The van der Waals surface area contributed by atoms with Crippen molar-refractivity contribution in [3.63, 3.8) is 0 Å². The van der Waals surface area contributed by atoms with Gasteiger partial charge in [-0.05, 0) is 31.7 Å². The third-order valence-corrected chi connectivity index (χ3v) is 4.82. The number of aromatic amines is 1. The van der Waals surface area contributed by atoms with Gasteiger partial charge in [0.15, 0.2) is 0 Å². The molecule has 2 aliphatic rings. The van der Waals surface area contributed by atoms with E-state index < -0.39 is 0 Å². The van der Waals surface area contributed by atoms with Gasteiger partial charge in [0.05, 0.1) is 0 Å².